The van der Waals surface area contributed by atoms with Gasteiger partial charge in [0.1, 0.15) is 11.3 Å². The Kier molecular flexibility index (Phi) is 7.64. The van der Waals surface area contributed by atoms with Crippen molar-refractivity contribution in [2.45, 2.75) is 47.1 Å². The Morgan fingerprint density at radius 1 is 1.07 bits per heavy atom. The Bertz CT molecular complexity index is 789. The largest absolute Gasteiger partial charge is 0.464 e. The standard InChI is InChI=1S/C20H27ClN2O5/c1-19(2,3)17(25)22-14-11-13(21)9-8-12(14)10-15(16(24)27-7)23-18(26)28-20(4,5)6/h8-11H,1-7H3,(H,22,25)(H,23,26). The minimum atomic E-state index is -0.807. The summed E-state index contributed by atoms with van der Waals surface area (Å²) in [5, 5.41) is 5.56. The topological polar surface area (TPSA) is 93.7 Å². The van der Waals surface area contributed by atoms with Gasteiger partial charge in [-0.2, -0.15) is 0 Å². The van der Waals surface area contributed by atoms with Crippen molar-refractivity contribution in [3.8, 4) is 0 Å². The van der Waals surface area contributed by atoms with Crippen LogP contribution in [0.4, 0.5) is 10.5 Å². The van der Waals surface area contributed by atoms with Crippen LogP contribution in [0.5, 0.6) is 0 Å². The van der Waals surface area contributed by atoms with E-state index in [0.717, 1.165) is 0 Å². The average molecular weight is 411 g/mol. The zero-order valence-corrected chi connectivity index (χ0v) is 18.0. The second-order valence-corrected chi connectivity index (χ2v) is 8.55. The molecule has 0 spiro atoms. The number of anilines is 1. The molecule has 0 unspecified atom stereocenters. The molecule has 28 heavy (non-hydrogen) atoms. The number of esters is 1. The molecule has 0 aliphatic rings. The number of halogens is 1. The van der Waals surface area contributed by atoms with Gasteiger partial charge in [0.15, 0.2) is 0 Å². The highest BCUT2D eigenvalue weighted by molar-refractivity contribution is 6.31. The molecule has 0 radical (unpaired) electrons. The predicted molar refractivity (Wildman–Crippen MR) is 109 cm³/mol. The number of hydrogen-bond acceptors (Lipinski definition) is 5. The van der Waals surface area contributed by atoms with E-state index in [1.165, 1.54) is 13.2 Å². The number of amides is 2. The number of ether oxygens (including phenoxy) is 2. The molecule has 8 heteroatoms. The highest BCUT2D eigenvalue weighted by Crippen LogP contribution is 2.26. The summed E-state index contributed by atoms with van der Waals surface area (Å²) in [6.45, 7) is 10.4. The molecule has 2 N–H and O–H groups in total. The molecule has 0 aliphatic carbocycles. The van der Waals surface area contributed by atoms with E-state index >= 15 is 0 Å². The lowest BCUT2D eigenvalue weighted by atomic mass is 9.95. The molecule has 0 atom stereocenters. The lowest BCUT2D eigenvalue weighted by Gasteiger charge is -2.20. The van der Waals surface area contributed by atoms with Crippen molar-refractivity contribution in [1.82, 2.24) is 5.32 Å². The second kappa shape index (κ2) is 9.10. The molecule has 0 aromatic heterocycles. The van der Waals surface area contributed by atoms with Gasteiger partial charge in [0.2, 0.25) is 5.91 Å². The van der Waals surface area contributed by atoms with Crippen LogP contribution in [-0.4, -0.2) is 30.7 Å². The van der Waals surface area contributed by atoms with Gasteiger partial charge in [-0.05, 0) is 39.0 Å². The normalized spacial score (nSPS) is 12.2. The molecule has 0 bridgehead atoms. The monoisotopic (exact) mass is 410 g/mol. The van der Waals surface area contributed by atoms with Gasteiger partial charge in [-0.25, -0.2) is 9.59 Å². The fourth-order valence-corrected chi connectivity index (χ4v) is 2.07. The number of methoxy groups -OCH3 is 1. The molecule has 2 amide bonds. The molecular formula is C20H27ClN2O5. The molecule has 1 aromatic rings. The highest BCUT2D eigenvalue weighted by atomic mass is 35.5. The minimum Gasteiger partial charge on any atom is -0.464 e. The van der Waals surface area contributed by atoms with Crippen LogP contribution in [0.15, 0.2) is 23.9 Å². The summed E-state index contributed by atoms with van der Waals surface area (Å²) >= 11 is 6.04. The van der Waals surface area contributed by atoms with Gasteiger partial charge in [-0.15, -0.1) is 0 Å². The molecular weight excluding hydrogens is 384 g/mol. The van der Waals surface area contributed by atoms with Gasteiger partial charge in [0.05, 0.1) is 7.11 Å². The molecule has 7 nitrogen and oxygen atoms in total. The molecule has 0 saturated carbocycles. The average Bonchev–Trinajstić information content (AvgIpc) is 2.53. The first-order valence-corrected chi connectivity index (χ1v) is 9.02. The molecule has 0 aliphatic heterocycles. The number of carbonyl (C=O) groups is 3. The van der Waals surface area contributed by atoms with Gasteiger partial charge in [0.25, 0.3) is 0 Å². The highest BCUT2D eigenvalue weighted by Gasteiger charge is 2.23. The van der Waals surface area contributed by atoms with Crippen molar-refractivity contribution < 1.29 is 23.9 Å². The Hall–Kier alpha value is -2.54. The molecule has 1 aromatic carbocycles. The Labute approximate surface area is 170 Å². The van der Waals surface area contributed by atoms with Crippen molar-refractivity contribution in [3.63, 3.8) is 0 Å². The van der Waals surface area contributed by atoms with E-state index in [2.05, 4.69) is 10.6 Å². The maximum absolute atomic E-state index is 12.4. The van der Waals surface area contributed by atoms with Crippen LogP contribution >= 0.6 is 11.6 Å². The van der Waals surface area contributed by atoms with Crippen LogP contribution in [0.3, 0.4) is 0 Å². The summed E-state index contributed by atoms with van der Waals surface area (Å²) in [5.41, 5.74) is -0.677. The minimum absolute atomic E-state index is 0.148. The Balaban J connectivity index is 3.28. The summed E-state index contributed by atoms with van der Waals surface area (Å²) in [7, 11) is 1.19. The van der Waals surface area contributed by atoms with Crippen LogP contribution < -0.4 is 10.6 Å². The summed E-state index contributed by atoms with van der Waals surface area (Å²) in [6.07, 6.45) is 0.572. The molecule has 0 fully saturated rings. The van der Waals surface area contributed by atoms with Crippen LogP contribution in [0.1, 0.15) is 47.1 Å². The van der Waals surface area contributed by atoms with E-state index in [0.29, 0.717) is 16.3 Å². The van der Waals surface area contributed by atoms with E-state index in [1.54, 1.807) is 59.7 Å². The van der Waals surface area contributed by atoms with Gasteiger partial charge >= 0.3 is 12.1 Å². The fourth-order valence-electron chi connectivity index (χ4n) is 1.90. The van der Waals surface area contributed by atoms with E-state index in [1.807, 2.05) is 0 Å². The van der Waals surface area contributed by atoms with E-state index in [-0.39, 0.29) is 11.6 Å². The lowest BCUT2D eigenvalue weighted by molar-refractivity contribution is -0.136. The SMILES string of the molecule is COC(=O)C(=Cc1ccc(Cl)cc1NC(=O)C(C)(C)C)NC(=O)OC(C)(C)C. The van der Waals surface area contributed by atoms with Gasteiger partial charge in [-0.1, -0.05) is 38.4 Å². The van der Waals surface area contributed by atoms with E-state index < -0.39 is 23.1 Å². The summed E-state index contributed by atoms with van der Waals surface area (Å²) < 4.78 is 9.89. The third-order valence-electron chi connectivity index (χ3n) is 3.29. The van der Waals surface area contributed by atoms with Crippen molar-refractivity contribution in [1.29, 1.82) is 0 Å². The number of rotatable bonds is 4. The second-order valence-electron chi connectivity index (χ2n) is 8.11. The van der Waals surface area contributed by atoms with Crippen LogP contribution in [-0.2, 0) is 19.1 Å². The maximum atomic E-state index is 12.4. The first-order chi connectivity index (χ1) is 12.7. The first-order valence-electron chi connectivity index (χ1n) is 8.64. The molecule has 1 rings (SSSR count). The van der Waals surface area contributed by atoms with Gasteiger partial charge in [-0.3, -0.25) is 10.1 Å². The summed E-state index contributed by atoms with van der Waals surface area (Å²) in [4.78, 5) is 36.5. The maximum Gasteiger partial charge on any atom is 0.412 e. The predicted octanol–water partition coefficient (Wildman–Crippen LogP) is 4.36. The van der Waals surface area contributed by atoms with Gasteiger partial charge in [0, 0.05) is 21.7 Å². The Morgan fingerprint density at radius 2 is 1.68 bits per heavy atom. The number of nitrogens with one attached hydrogen (secondary N) is 2. The summed E-state index contributed by atoms with van der Waals surface area (Å²) in [6, 6.07) is 4.77. The molecule has 0 heterocycles. The van der Waals surface area contributed by atoms with Crippen molar-refractivity contribution in [2.24, 2.45) is 5.41 Å². The molecule has 154 valence electrons. The lowest BCUT2D eigenvalue weighted by Crippen LogP contribution is -2.34. The van der Waals surface area contributed by atoms with E-state index in [9.17, 15) is 14.4 Å². The third-order valence-corrected chi connectivity index (χ3v) is 3.52. The van der Waals surface area contributed by atoms with E-state index in [4.69, 9.17) is 21.1 Å². The smallest absolute Gasteiger partial charge is 0.412 e. The number of hydrogen-bond donors (Lipinski definition) is 2. The van der Waals surface area contributed by atoms with Crippen molar-refractivity contribution in [3.05, 3.63) is 34.5 Å². The van der Waals surface area contributed by atoms with Crippen molar-refractivity contribution in [2.75, 3.05) is 12.4 Å². The van der Waals surface area contributed by atoms with Crippen LogP contribution in [0.2, 0.25) is 5.02 Å². The van der Waals surface area contributed by atoms with Crippen LogP contribution in [0, 0.1) is 5.41 Å². The zero-order chi connectivity index (χ0) is 21.7. The van der Waals surface area contributed by atoms with Gasteiger partial charge < -0.3 is 14.8 Å². The quantitative estimate of drug-likeness (QED) is 0.568. The fraction of sp³-hybridized carbons (Fsp3) is 0.450. The van der Waals surface area contributed by atoms with Crippen LogP contribution in [0.25, 0.3) is 6.08 Å². The third kappa shape index (κ3) is 7.60. The number of carbonyl (C=O) groups excluding carboxylic acids is 3. The Morgan fingerprint density at radius 3 is 2.18 bits per heavy atom. The zero-order valence-electron chi connectivity index (χ0n) is 17.2. The number of benzene rings is 1. The number of alkyl carbamates (subject to hydrolysis) is 1. The van der Waals surface area contributed by atoms with Crippen molar-refractivity contribution >= 4 is 41.3 Å². The summed E-state index contributed by atoms with van der Waals surface area (Å²) in [5.74, 6) is -1.00. The molecule has 0 saturated heterocycles. The first kappa shape index (κ1) is 23.5.